The average Bonchev–Trinajstić information content (AvgIpc) is 1.72. The van der Waals surface area contributed by atoms with Gasteiger partial charge in [-0.25, -0.2) is 9.97 Å². The molecule has 0 saturated carbocycles. The van der Waals surface area contributed by atoms with Crippen LogP contribution in [0.4, 0.5) is 13.2 Å². The molecule has 7 rings (SSSR count). The molecule has 17 amide bonds. The minimum absolute atomic E-state index is 0.0351. The monoisotopic (exact) mass is 2110 g/mol. The van der Waals surface area contributed by atoms with Gasteiger partial charge in [0.1, 0.15) is 108 Å². The number of carbonyl (C=O) groups excluding carboxylic acids is 17. The molecule has 0 unspecified atom stereocenters. The number of nitrogens with zero attached hydrogens (tertiary/aromatic N) is 3. The lowest BCUT2D eigenvalue weighted by molar-refractivity contribution is -0.173. The number of aliphatic carboxylic acids is 1. The second kappa shape index (κ2) is 59.3. The first-order valence-corrected chi connectivity index (χ1v) is 48.6. The first kappa shape index (κ1) is 120. The number of aromatic amines is 2. The molecule has 55 heteroatoms. The van der Waals surface area contributed by atoms with Gasteiger partial charge in [0.25, 0.3) is 0 Å². The number of amides is 17. The summed E-state index contributed by atoms with van der Waals surface area (Å²) in [5, 5.41) is 118. The normalized spacial score (nSPS) is 15.2. The molecule has 3 heterocycles. The van der Waals surface area contributed by atoms with E-state index < -0.39 is 279 Å². The van der Waals surface area contributed by atoms with Crippen LogP contribution in [-0.2, 0) is 125 Å². The molecule has 16 atom stereocenters. The number of carboxylic acids is 1. The lowest BCUT2D eigenvalue weighted by Crippen LogP contribution is -2.62. The molecule has 149 heavy (non-hydrogen) atoms. The number of halogens is 3. The fourth-order valence-electron chi connectivity index (χ4n) is 15.5. The van der Waals surface area contributed by atoms with Crippen molar-refractivity contribution in [2.24, 2.45) is 28.9 Å². The number of carbonyl (C=O) groups is 18. The number of likely N-dealkylation sites (tertiary alicyclic amines) is 1. The number of aliphatic hydroxyl groups excluding tert-OH is 1. The first-order chi connectivity index (χ1) is 70.5. The van der Waals surface area contributed by atoms with Crippen LogP contribution in [0.25, 0.3) is 0 Å². The lowest BCUT2D eigenvalue weighted by atomic mass is 9.96. The third kappa shape index (κ3) is 41.2. The van der Waals surface area contributed by atoms with Crippen LogP contribution in [0.2, 0.25) is 0 Å². The predicted molar refractivity (Wildman–Crippen MR) is 528 cm³/mol. The smallest absolute Gasteiger partial charge is 0.471 e. The molecular weight excluding hydrogens is 1980 g/mol. The van der Waals surface area contributed by atoms with Gasteiger partial charge in [0.15, 0.2) is 11.9 Å². The number of H-pyrrole nitrogens is 2. The molecule has 4 aromatic carbocycles. The summed E-state index contributed by atoms with van der Waals surface area (Å²) in [4.78, 5) is 270. The molecule has 1 fully saturated rings. The number of carboxylic acid groups (broad SMARTS) is 1. The summed E-state index contributed by atoms with van der Waals surface area (Å²) >= 11 is 0.907. The Hall–Kier alpha value is -16.4. The summed E-state index contributed by atoms with van der Waals surface area (Å²) in [6.45, 7) is 4.22. The van der Waals surface area contributed by atoms with E-state index in [1.807, 2.05) is 0 Å². The number of primary amides is 2. The molecule has 1 aliphatic rings. The van der Waals surface area contributed by atoms with Gasteiger partial charge in [-0.05, 0) is 141 Å². The van der Waals surface area contributed by atoms with E-state index in [4.69, 9.17) is 33.8 Å². The molecular formula is C94H128F3N27O24S. The molecule has 51 nitrogen and oxygen atoms in total. The third-order valence-electron chi connectivity index (χ3n) is 23.5. The molecule has 0 radical (unpaired) electrons. The van der Waals surface area contributed by atoms with Crippen molar-refractivity contribution in [3.63, 3.8) is 0 Å². The summed E-state index contributed by atoms with van der Waals surface area (Å²) in [6, 6.07) is -2.86. The van der Waals surface area contributed by atoms with Crippen LogP contribution in [0.3, 0.4) is 0 Å². The minimum atomic E-state index is -5.34. The van der Waals surface area contributed by atoms with Crippen molar-refractivity contribution in [2.75, 3.05) is 37.7 Å². The number of aromatic nitrogens is 4. The Morgan fingerprint density at radius 2 is 0.799 bits per heavy atom. The van der Waals surface area contributed by atoms with Gasteiger partial charge >= 0.3 is 18.1 Å². The second-order valence-corrected chi connectivity index (χ2v) is 36.4. The highest BCUT2D eigenvalue weighted by molar-refractivity contribution is 8.00. The highest BCUT2D eigenvalue weighted by Crippen LogP contribution is 2.25. The number of benzene rings is 4. The number of unbranched alkanes of at least 4 members (excludes halogenated alkanes) is 1. The summed E-state index contributed by atoms with van der Waals surface area (Å²) < 4.78 is 40.5. The van der Waals surface area contributed by atoms with Crippen LogP contribution >= 0.6 is 11.8 Å². The Labute approximate surface area is 856 Å². The number of phenols is 4. The largest absolute Gasteiger partial charge is 0.508 e. The highest BCUT2D eigenvalue weighted by Gasteiger charge is 2.44. The zero-order valence-corrected chi connectivity index (χ0v) is 82.6. The SMILES string of the molecule is CC[C@H](C)[C@H](NC(=O)[C@H](CCCNC(=N)N)NC(=O)[C@H](Cc1ccc(O)cc1)NC(=O)[C@H](CC(=O)O)NC(=O)[C@H](Cc1c[nH]cn1)NC(=O)[C@@H](Cc1ccc(O)cc1)NC(C)=O)C(=O)N[C@@H](CCCCNC(=O)C(F)(F)F)C(=O)N[C@@H](CCCNC(=N)N)C(=O)N[C@@H](Cc1ccc(O)cc1)C(=O)N[C@@H](Cc1c[nH]cn1)C(=O)N[C@H](C(=O)N[C@@H](Cc1ccc(O)cc1)C(=O)N1CCC[C@H]1C(=O)N[C@@H](CSCC(N)=O)C(N)=O)[C@@H](C)O. The number of aromatic hydroxyl groups is 4. The Balaban J connectivity index is 1.19. The number of hydrogen-bond donors (Lipinski definition) is 30. The zero-order valence-electron chi connectivity index (χ0n) is 81.8. The zero-order chi connectivity index (χ0) is 110. The van der Waals surface area contributed by atoms with Gasteiger partial charge in [0, 0.05) is 89.8 Å². The van der Waals surface area contributed by atoms with Crippen molar-refractivity contribution < 1.29 is 130 Å². The van der Waals surface area contributed by atoms with Gasteiger partial charge in [0.2, 0.25) is 94.5 Å². The van der Waals surface area contributed by atoms with Crippen molar-refractivity contribution >= 4 is 130 Å². The van der Waals surface area contributed by atoms with E-state index >= 15 is 33.6 Å². The fraction of sp³-hybridized carbons (Fsp3) is 0.468. The van der Waals surface area contributed by atoms with Crippen LogP contribution in [0.15, 0.2) is 122 Å². The second-order valence-electron chi connectivity index (χ2n) is 35.4. The number of aliphatic hydroxyl groups is 1. The molecule has 0 spiro atoms. The van der Waals surface area contributed by atoms with E-state index in [9.17, 15) is 96.6 Å². The quantitative estimate of drug-likeness (QED) is 0.00966. The van der Waals surface area contributed by atoms with Gasteiger partial charge < -0.3 is 154 Å². The average molecular weight is 2110 g/mol. The van der Waals surface area contributed by atoms with Crippen LogP contribution in [0, 0.1) is 16.7 Å². The van der Waals surface area contributed by atoms with E-state index in [2.05, 4.69) is 99.7 Å². The third-order valence-corrected chi connectivity index (χ3v) is 24.6. The van der Waals surface area contributed by atoms with E-state index in [1.165, 1.54) is 129 Å². The number of imidazole rings is 2. The molecule has 0 bridgehead atoms. The number of guanidine groups is 2. The summed E-state index contributed by atoms with van der Waals surface area (Å²) in [7, 11) is 0. The summed E-state index contributed by atoms with van der Waals surface area (Å²) in [5.74, 6) is -24.3. The van der Waals surface area contributed by atoms with Gasteiger partial charge in [-0.15, -0.1) is 11.8 Å². The van der Waals surface area contributed by atoms with E-state index in [0.29, 0.717) is 11.1 Å². The van der Waals surface area contributed by atoms with Crippen LogP contribution in [-0.4, -0.2) is 308 Å². The number of thioether (sulfide) groups is 1. The number of hydrogen-bond acceptors (Lipinski definition) is 28. The molecule has 2 aromatic heterocycles. The predicted octanol–water partition coefficient (Wildman–Crippen LogP) is -4.99. The van der Waals surface area contributed by atoms with Crippen LogP contribution < -0.4 is 108 Å². The van der Waals surface area contributed by atoms with Crippen LogP contribution in [0.1, 0.15) is 132 Å². The number of nitrogens with one attached hydrogen (secondary N) is 20. The molecule has 1 aliphatic heterocycles. The van der Waals surface area contributed by atoms with E-state index in [0.717, 1.165) is 30.5 Å². The van der Waals surface area contributed by atoms with E-state index in [1.54, 1.807) is 12.2 Å². The van der Waals surface area contributed by atoms with Crippen molar-refractivity contribution in [1.82, 2.24) is 110 Å². The van der Waals surface area contributed by atoms with Gasteiger partial charge in [0.05, 0.1) is 42.3 Å². The summed E-state index contributed by atoms with van der Waals surface area (Å²) in [5.41, 5.74) is 23.6. The number of phenolic OH excluding ortho intramolecular Hbond substituents is 4. The van der Waals surface area contributed by atoms with Crippen molar-refractivity contribution in [3.8, 4) is 23.0 Å². The maximum absolute atomic E-state index is 15.4. The minimum Gasteiger partial charge on any atom is -0.508 e. The van der Waals surface area contributed by atoms with Crippen molar-refractivity contribution in [1.29, 1.82) is 10.8 Å². The summed E-state index contributed by atoms with van der Waals surface area (Å²) in [6.07, 6.45) is -7.62. The van der Waals surface area contributed by atoms with Gasteiger partial charge in [-0.2, -0.15) is 13.2 Å². The number of alkyl halides is 3. The highest BCUT2D eigenvalue weighted by atomic mass is 32.2. The maximum Gasteiger partial charge on any atom is 0.471 e. The Kier molecular flexibility index (Phi) is 47.6. The van der Waals surface area contributed by atoms with Crippen molar-refractivity contribution in [3.05, 3.63) is 156 Å². The Bertz CT molecular complexity index is 5580. The number of nitrogens with two attached hydrogens (primary N) is 4. The fourth-order valence-corrected chi connectivity index (χ4v) is 16.3. The standard InChI is InChI=1S/C94H128F3N27O24S/c1-5-48(2)75(122-80(137)63(13-9-33-108-93(102)103)113-82(139)65(36-52-17-25-58(128)26-18-52)116-85(142)69(41-74(132)133)119-84(141)67(39-55-42-104-46-109-55)117-81(138)64(111-50(4)126)35-51-15-23-57(127)24-16-51)88(145)114-61(11-6-7-31-106-91(148)94(95,96)97)78(135)112-62(12-8-32-107-92(100)101)79(136)115-66(37-53-19-27-59(129)28-20-53)83(140)118-68(40-56-43-105-47-110-56)86(143)123-76(49(3)125)89(146)120-70(38-54-21-29-60(130)30-22-54)90(147)124-34-10-14-72(124)87(144)121-71(77(99)134)44-149-45-73(98)131/h15-30,42-43,46-49,61-72,75-76,125,127-130H,5-14,31-41,44-45H2,1-4H3,(H2,98,131)(H2,99,134)(H,104,109)(H,105,110)(H,106,148)(H,111,126)(H,112,135)(H,113,139)(H,114,145)(H,115,136)(H,116,142)(H,117,138)(H,118,140)(H,119,141)(H,120,146)(H,121,144)(H,122,137)(H,123,143)(H,132,133)(H4,100,101,107)(H4,102,103,108)/t48-,49+,61-,62-,63-,64+,65-,66-,67-,68-,69-,70-,71-,72-,75-,76-/m0/s1. The molecule has 34 N–H and O–H groups in total. The maximum atomic E-state index is 15.4. The number of rotatable bonds is 61. The molecule has 0 aliphatic carbocycles. The Morgan fingerprint density at radius 1 is 0.450 bits per heavy atom. The van der Waals surface area contributed by atoms with Crippen LogP contribution in [0.5, 0.6) is 23.0 Å². The van der Waals surface area contributed by atoms with E-state index in [-0.39, 0.29) is 134 Å². The molecule has 1 saturated heterocycles. The van der Waals surface area contributed by atoms with Crippen molar-refractivity contribution in [2.45, 2.75) is 234 Å². The topological polar surface area (TPSA) is 834 Å². The van der Waals surface area contributed by atoms with Gasteiger partial charge in [-0.1, -0.05) is 68.8 Å². The first-order valence-electron chi connectivity index (χ1n) is 47.4. The van der Waals surface area contributed by atoms with Gasteiger partial charge in [-0.3, -0.25) is 97.1 Å². The molecule has 6 aromatic rings. The lowest BCUT2D eigenvalue weighted by Gasteiger charge is -2.31. The molecule has 810 valence electrons. The Morgan fingerprint density at radius 3 is 1.18 bits per heavy atom.